The Labute approximate surface area is 164 Å². The molecular weight excluding hydrogens is 346 g/mol. The van der Waals surface area contributed by atoms with Gasteiger partial charge in [-0.05, 0) is 67.4 Å². The van der Waals surface area contributed by atoms with E-state index in [-0.39, 0.29) is 0 Å². The zero-order valence-electron chi connectivity index (χ0n) is 15.9. The number of hydrogen-bond donors (Lipinski definition) is 2. The molecule has 1 aromatic heterocycles. The molecule has 140 valence electrons. The van der Waals surface area contributed by atoms with E-state index in [0.29, 0.717) is 6.54 Å². The van der Waals surface area contributed by atoms with Crippen molar-refractivity contribution in [1.82, 2.24) is 10.2 Å². The molecule has 0 unspecified atom stereocenters. The predicted molar refractivity (Wildman–Crippen MR) is 117 cm³/mol. The first-order valence-corrected chi connectivity index (χ1v) is 9.34. The first kappa shape index (κ1) is 17.9. The lowest BCUT2D eigenvalue weighted by Crippen LogP contribution is -2.09. The maximum Gasteiger partial charge on any atom is 0.127 e. The second-order valence-electron chi connectivity index (χ2n) is 7.03. The molecule has 1 heterocycles. The summed E-state index contributed by atoms with van der Waals surface area (Å²) in [5.41, 5.74) is 7.43. The summed E-state index contributed by atoms with van der Waals surface area (Å²) < 4.78 is 0. The fraction of sp³-hybridized carbons (Fsp3) is 0.174. The van der Waals surface area contributed by atoms with Crippen LogP contribution < -0.4 is 5.32 Å². The van der Waals surface area contributed by atoms with Crippen LogP contribution in [0, 0.1) is 0 Å². The monoisotopic (exact) mass is 369 g/mol. The van der Waals surface area contributed by atoms with E-state index in [9.17, 15) is 0 Å². The number of aromatic nitrogens is 2. The number of aromatic amines is 1. The van der Waals surface area contributed by atoms with Gasteiger partial charge in [-0.1, -0.05) is 29.8 Å². The van der Waals surface area contributed by atoms with Crippen molar-refractivity contribution in [1.29, 1.82) is 0 Å². The number of benzene rings is 2. The summed E-state index contributed by atoms with van der Waals surface area (Å²) >= 11 is 0. The highest BCUT2D eigenvalue weighted by Gasteiger charge is 2.09. The Morgan fingerprint density at radius 3 is 3.07 bits per heavy atom. The number of allylic oxidation sites excluding steroid dienone is 2. The van der Waals surface area contributed by atoms with Crippen LogP contribution in [-0.2, 0) is 19.4 Å². The molecule has 0 aliphatic heterocycles. The lowest BCUT2D eigenvalue weighted by atomic mass is 9.91. The molecule has 1 aliphatic rings. The maximum atomic E-state index is 4.76. The molecule has 28 heavy (non-hydrogen) atoms. The molecule has 0 amide bonds. The van der Waals surface area contributed by atoms with Gasteiger partial charge in [0.15, 0.2) is 0 Å². The van der Waals surface area contributed by atoms with E-state index >= 15 is 0 Å². The SMILES string of the molecule is C=N/C=C\C(=NCc1ccc2c(c1)CC(C)=CC2)Nc1ccc2[nH]ncc2c1. The smallest absolute Gasteiger partial charge is 0.127 e. The summed E-state index contributed by atoms with van der Waals surface area (Å²) in [5, 5.41) is 11.4. The summed E-state index contributed by atoms with van der Waals surface area (Å²) in [6.45, 7) is 6.31. The fourth-order valence-corrected chi connectivity index (χ4v) is 3.40. The molecular formula is C23H23N5. The molecule has 5 nitrogen and oxygen atoms in total. The summed E-state index contributed by atoms with van der Waals surface area (Å²) in [4.78, 5) is 8.56. The normalized spacial score (nSPS) is 14.2. The van der Waals surface area contributed by atoms with Crippen LogP contribution in [0.5, 0.6) is 0 Å². The zero-order chi connectivity index (χ0) is 19.3. The van der Waals surface area contributed by atoms with Gasteiger partial charge in [0, 0.05) is 17.3 Å². The number of nitrogens with zero attached hydrogens (tertiary/aromatic N) is 3. The number of aliphatic imine (C=N–C) groups is 2. The van der Waals surface area contributed by atoms with Crippen molar-refractivity contribution in [2.45, 2.75) is 26.3 Å². The summed E-state index contributed by atoms with van der Waals surface area (Å²) in [6, 6.07) is 12.7. The molecule has 0 saturated carbocycles. The number of rotatable bonds is 5. The van der Waals surface area contributed by atoms with E-state index in [1.165, 1.54) is 22.3 Å². The Morgan fingerprint density at radius 1 is 1.25 bits per heavy atom. The fourth-order valence-electron chi connectivity index (χ4n) is 3.40. The quantitative estimate of drug-likeness (QED) is 0.384. The van der Waals surface area contributed by atoms with Crippen LogP contribution in [0.1, 0.15) is 23.6 Å². The topological polar surface area (TPSA) is 65.4 Å². The number of nitrogens with one attached hydrogen (secondary N) is 2. The Balaban J connectivity index is 1.54. The Morgan fingerprint density at radius 2 is 2.18 bits per heavy atom. The van der Waals surface area contributed by atoms with Gasteiger partial charge >= 0.3 is 0 Å². The largest absolute Gasteiger partial charge is 0.340 e. The molecule has 3 aromatic rings. The number of anilines is 1. The summed E-state index contributed by atoms with van der Waals surface area (Å²) in [5.74, 6) is 0.740. The molecule has 0 spiro atoms. The number of fused-ring (bicyclic) bond motifs is 2. The third kappa shape index (κ3) is 4.09. The second-order valence-corrected chi connectivity index (χ2v) is 7.03. The van der Waals surface area contributed by atoms with Crippen molar-refractivity contribution in [2.75, 3.05) is 5.32 Å². The van der Waals surface area contributed by atoms with E-state index in [1.807, 2.05) is 30.5 Å². The van der Waals surface area contributed by atoms with Gasteiger partial charge in [0.05, 0.1) is 18.3 Å². The van der Waals surface area contributed by atoms with Crippen LogP contribution >= 0.6 is 0 Å². The Bertz CT molecular complexity index is 1100. The highest BCUT2D eigenvalue weighted by Crippen LogP contribution is 2.22. The van der Waals surface area contributed by atoms with Gasteiger partial charge in [0.2, 0.25) is 0 Å². The van der Waals surface area contributed by atoms with Crippen LogP contribution in [0.15, 0.2) is 76.5 Å². The highest BCUT2D eigenvalue weighted by molar-refractivity contribution is 6.04. The minimum atomic E-state index is 0.605. The average molecular weight is 369 g/mol. The number of amidine groups is 1. The summed E-state index contributed by atoms with van der Waals surface area (Å²) in [6.07, 6.45) is 9.65. The molecule has 5 heteroatoms. The first-order chi connectivity index (χ1) is 13.7. The first-order valence-electron chi connectivity index (χ1n) is 9.34. The molecule has 0 saturated heterocycles. The Hall–Kier alpha value is -3.47. The maximum absolute atomic E-state index is 4.76. The van der Waals surface area contributed by atoms with Gasteiger partial charge in [-0.25, -0.2) is 0 Å². The number of hydrogen-bond acceptors (Lipinski definition) is 3. The van der Waals surface area contributed by atoms with E-state index in [2.05, 4.69) is 58.4 Å². The van der Waals surface area contributed by atoms with Gasteiger partial charge in [-0.2, -0.15) is 5.10 Å². The number of H-pyrrole nitrogens is 1. The van der Waals surface area contributed by atoms with Crippen molar-refractivity contribution in [3.05, 3.63) is 83.2 Å². The third-order valence-corrected chi connectivity index (χ3v) is 4.89. The van der Waals surface area contributed by atoms with Crippen molar-refractivity contribution < 1.29 is 0 Å². The van der Waals surface area contributed by atoms with Crippen LogP contribution in [0.3, 0.4) is 0 Å². The minimum absolute atomic E-state index is 0.605. The molecule has 0 atom stereocenters. The third-order valence-electron chi connectivity index (χ3n) is 4.89. The van der Waals surface area contributed by atoms with Crippen LogP contribution in [0.2, 0.25) is 0 Å². The van der Waals surface area contributed by atoms with E-state index in [0.717, 1.165) is 35.3 Å². The lowest BCUT2D eigenvalue weighted by Gasteiger charge is -2.15. The van der Waals surface area contributed by atoms with Crippen molar-refractivity contribution in [2.24, 2.45) is 9.98 Å². The van der Waals surface area contributed by atoms with Gasteiger partial charge in [0.1, 0.15) is 5.84 Å². The molecule has 4 rings (SSSR count). The molecule has 0 fully saturated rings. The second kappa shape index (κ2) is 8.05. The molecule has 1 aliphatic carbocycles. The molecule has 2 aromatic carbocycles. The van der Waals surface area contributed by atoms with Gasteiger partial charge in [-0.3, -0.25) is 15.1 Å². The van der Waals surface area contributed by atoms with E-state index in [1.54, 1.807) is 6.20 Å². The lowest BCUT2D eigenvalue weighted by molar-refractivity contribution is 0.990. The minimum Gasteiger partial charge on any atom is -0.340 e. The van der Waals surface area contributed by atoms with Gasteiger partial charge < -0.3 is 5.32 Å². The molecule has 0 radical (unpaired) electrons. The van der Waals surface area contributed by atoms with E-state index < -0.39 is 0 Å². The van der Waals surface area contributed by atoms with E-state index in [4.69, 9.17) is 4.99 Å². The summed E-state index contributed by atoms with van der Waals surface area (Å²) in [7, 11) is 0. The average Bonchev–Trinajstić information content (AvgIpc) is 3.17. The van der Waals surface area contributed by atoms with Gasteiger partial charge in [-0.15, -0.1) is 0 Å². The van der Waals surface area contributed by atoms with Crippen LogP contribution in [0.25, 0.3) is 10.9 Å². The molecule has 0 bridgehead atoms. The van der Waals surface area contributed by atoms with Crippen molar-refractivity contribution in [3.8, 4) is 0 Å². The van der Waals surface area contributed by atoms with Crippen LogP contribution in [0.4, 0.5) is 5.69 Å². The molecule has 2 N–H and O–H groups in total. The highest BCUT2D eigenvalue weighted by atomic mass is 15.1. The predicted octanol–water partition coefficient (Wildman–Crippen LogP) is 4.83. The van der Waals surface area contributed by atoms with Crippen molar-refractivity contribution in [3.63, 3.8) is 0 Å². The van der Waals surface area contributed by atoms with Crippen LogP contribution in [-0.4, -0.2) is 22.8 Å². The Kier molecular flexibility index (Phi) is 5.15. The zero-order valence-corrected chi connectivity index (χ0v) is 15.9. The standard InChI is InChI=1S/C23H23N5/c1-16-3-5-18-6-4-17(12-19(18)11-16)14-25-23(9-10-24-2)27-21-7-8-22-20(13-21)15-26-28-22/h3-4,6-10,12-13,15H,2,5,11,14H2,1H3,(H,25,27)(H,26,28)/b10-9-. The van der Waals surface area contributed by atoms with Gasteiger partial charge in [0.25, 0.3) is 0 Å². The van der Waals surface area contributed by atoms with Crippen molar-refractivity contribution >= 4 is 29.1 Å².